The number of nitrogens with zero attached hydrogens (tertiary/aromatic N) is 3. The molecule has 0 spiro atoms. The number of phenolic OH excluding ortho intramolecular Hbond substituents is 1. The van der Waals surface area contributed by atoms with Gasteiger partial charge in [-0.05, 0) is 133 Å². The van der Waals surface area contributed by atoms with Gasteiger partial charge in [0.05, 0.1) is 6.61 Å². The van der Waals surface area contributed by atoms with Gasteiger partial charge in [0.25, 0.3) is 5.91 Å². The van der Waals surface area contributed by atoms with E-state index in [1.807, 2.05) is 18.2 Å². The number of allylic oxidation sites excluding steroid dienone is 1. The smallest absolute Gasteiger partial charge is 0.255 e. The minimum atomic E-state index is -0.590. The van der Waals surface area contributed by atoms with Gasteiger partial charge in [0.1, 0.15) is 17.5 Å². The number of aryl methyl sites for hydroxylation is 1. The molecule has 2 fully saturated rings. The van der Waals surface area contributed by atoms with Crippen LogP contribution >= 0.6 is 0 Å². The second-order valence-corrected chi connectivity index (χ2v) is 14.9. The molecule has 2 saturated heterocycles. The molecule has 4 aliphatic rings. The minimum absolute atomic E-state index is 0.130. The van der Waals surface area contributed by atoms with Gasteiger partial charge in [-0.2, -0.15) is 0 Å². The highest BCUT2D eigenvalue weighted by atomic mass is 16.5. The second-order valence-electron chi connectivity index (χ2n) is 14.9. The highest BCUT2D eigenvalue weighted by Gasteiger charge is 2.39. The van der Waals surface area contributed by atoms with Gasteiger partial charge < -0.3 is 19.6 Å². The van der Waals surface area contributed by atoms with Crippen LogP contribution in [-0.4, -0.2) is 78.0 Å². The number of piperidine rings is 1. The lowest BCUT2D eigenvalue weighted by atomic mass is 9.88. The fourth-order valence-electron chi connectivity index (χ4n) is 8.54. The van der Waals surface area contributed by atoms with Crippen molar-refractivity contribution < 1.29 is 24.2 Å². The molecule has 2 N–H and O–H groups in total. The van der Waals surface area contributed by atoms with Gasteiger partial charge in [-0.1, -0.05) is 48.5 Å². The first-order chi connectivity index (χ1) is 26.4. The molecule has 4 aromatic carbocycles. The summed E-state index contributed by atoms with van der Waals surface area (Å²) in [4.78, 5) is 43.6. The van der Waals surface area contributed by atoms with Crippen LogP contribution < -0.4 is 15.0 Å². The number of rotatable bonds is 11. The average Bonchev–Trinajstić information content (AvgIpc) is 3.39. The summed E-state index contributed by atoms with van der Waals surface area (Å²) in [6.45, 7) is 6.01. The number of anilines is 1. The number of ether oxygens (including phenoxy) is 1. The van der Waals surface area contributed by atoms with E-state index in [0.717, 1.165) is 93.8 Å². The fourth-order valence-corrected chi connectivity index (χ4v) is 8.54. The summed E-state index contributed by atoms with van der Waals surface area (Å²) in [6, 6.07) is 30.4. The average molecular weight is 725 g/mol. The fraction of sp³-hybridized carbons (Fsp3) is 0.356. The van der Waals surface area contributed by atoms with Crippen LogP contribution in [0.4, 0.5) is 5.69 Å². The third-order valence-corrected chi connectivity index (χ3v) is 11.4. The van der Waals surface area contributed by atoms with Crippen molar-refractivity contribution in [3.8, 4) is 11.5 Å². The Hall–Kier alpha value is -5.41. The number of hydrogen-bond donors (Lipinski definition) is 2. The zero-order valence-electron chi connectivity index (χ0n) is 30.8. The maximum Gasteiger partial charge on any atom is 0.255 e. The lowest BCUT2D eigenvalue weighted by molar-refractivity contribution is -0.136. The summed E-state index contributed by atoms with van der Waals surface area (Å²) in [5.41, 5.74) is 10.1. The maximum atomic E-state index is 13.1. The number of imide groups is 1. The molecule has 3 aliphatic heterocycles. The van der Waals surface area contributed by atoms with Gasteiger partial charge in [0.2, 0.25) is 11.8 Å². The molecule has 4 aromatic rings. The minimum Gasteiger partial charge on any atom is -0.508 e. The van der Waals surface area contributed by atoms with Crippen molar-refractivity contribution in [3.05, 3.63) is 124 Å². The summed E-state index contributed by atoms with van der Waals surface area (Å²) < 4.78 is 6.19. The standard InChI is InChI=1S/C45H48N4O5/c50-36-15-19-39-33(29-36)10-7-11-38(31-8-3-1-4-9-31)43(39)32-12-16-37(17-13-32)54-27-6-2-5-22-47-23-25-48(26-24-47)35-14-18-40-34(28-35)30-49(45(40)53)41-20-21-42(51)46-44(41)52/h1,3-4,8-9,12-19,28-29,41,50H,2,5-7,10-11,20-27,30H2,(H,46,51,52)/t41-/m1/s1. The molecule has 0 unspecified atom stereocenters. The Morgan fingerprint density at radius 1 is 0.741 bits per heavy atom. The molecule has 0 aromatic heterocycles. The highest BCUT2D eigenvalue weighted by molar-refractivity contribution is 6.05. The number of nitrogens with one attached hydrogen (secondary N) is 1. The Labute approximate surface area is 317 Å². The SMILES string of the molecule is O=C1CC[C@@H](N2Cc3cc(N4CCN(CCCCCOc5ccc(C6=C(c7ccccc7)CCCc7cc(O)ccc76)cc5)CC4)ccc3C2=O)C(=O)N1. The number of amides is 3. The molecule has 9 nitrogen and oxygen atoms in total. The predicted octanol–water partition coefficient (Wildman–Crippen LogP) is 6.82. The zero-order chi connectivity index (χ0) is 37.0. The van der Waals surface area contributed by atoms with Gasteiger partial charge in [0, 0.05) is 50.4 Å². The maximum absolute atomic E-state index is 13.1. The van der Waals surface area contributed by atoms with Gasteiger partial charge in [-0.3, -0.25) is 24.6 Å². The Kier molecular flexibility index (Phi) is 10.5. The van der Waals surface area contributed by atoms with E-state index in [2.05, 4.69) is 81.8 Å². The van der Waals surface area contributed by atoms with Crippen LogP contribution in [0.3, 0.4) is 0 Å². The number of carbonyl (C=O) groups is 3. The van der Waals surface area contributed by atoms with Gasteiger partial charge >= 0.3 is 0 Å². The molecule has 1 aliphatic carbocycles. The van der Waals surface area contributed by atoms with Crippen LogP contribution in [-0.2, 0) is 22.6 Å². The number of phenols is 1. The van der Waals surface area contributed by atoms with Crippen molar-refractivity contribution >= 4 is 34.6 Å². The molecule has 9 heteroatoms. The van der Waals surface area contributed by atoms with E-state index in [1.54, 1.807) is 11.0 Å². The summed E-state index contributed by atoms with van der Waals surface area (Å²) in [6.07, 6.45) is 6.84. The molecule has 3 heterocycles. The summed E-state index contributed by atoms with van der Waals surface area (Å²) in [5.74, 6) is 0.423. The van der Waals surface area contributed by atoms with Crippen LogP contribution in [0.1, 0.15) is 83.1 Å². The molecule has 0 bridgehead atoms. The van der Waals surface area contributed by atoms with Crippen LogP contribution in [0, 0.1) is 0 Å². The topological polar surface area (TPSA) is 102 Å². The van der Waals surface area contributed by atoms with Crippen LogP contribution in [0.15, 0.2) is 91.0 Å². The lowest BCUT2D eigenvalue weighted by Crippen LogP contribution is -2.52. The highest BCUT2D eigenvalue weighted by Crippen LogP contribution is 2.41. The summed E-state index contributed by atoms with van der Waals surface area (Å²) in [7, 11) is 0. The van der Waals surface area contributed by atoms with E-state index in [4.69, 9.17) is 4.74 Å². The number of carbonyl (C=O) groups excluding carboxylic acids is 3. The van der Waals surface area contributed by atoms with Crippen LogP contribution in [0.2, 0.25) is 0 Å². The predicted molar refractivity (Wildman–Crippen MR) is 210 cm³/mol. The molecule has 3 amide bonds. The lowest BCUT2D eigenvalue weighted by Gasteiger charge is -2.36. The van der Waals surface area contributed by atoms with Crippen molar-refractivity contribution in [2.24, 2.45) is 0 Å². The molecule has 1 atom stereocenters. The summed E-state index contributed by atoms with van der Waals surface area (Å²) >= 11 is 0. The van der Waals surface area contributed by atoms with E-state index in [1.165, 1.54) is 27.8 Å². The monoisotopic (exact) mass is 724 g/mol. The normalized spacial score (nSPS) is 19.0. The Morgan fingerprint density at radius 2 is 1.54 bits per heavy atom. The van der Waals surface area contributed by atoms with Crippen molar-refractivity contribution in [1.82, 2.24) is 15.1 Å². The second kappa shape index (κ2) is 15.9. The molecule has 0 radical (unpaired) electrons. The van der Waals surface area contributed by atoms with Gasteiger partial charge in [-0.15, -0.1) is 0 Å². The van der Waals surface area contributed by atoms with Crippen LogP contribution in [0.25, 0.3) is 11.1 Å². The van der Waals surface area contributed by atoms with Crippen molar-refractivity contribution in [1.29, 1.82) is 0 Å². The zero-order valence-corrected chi connectivity index (χ0v) is 30.8. The van der Waals surface area contributed by atoms with Crippen molar-refractivity contribution in [2.45, 2.75) is 64.0 Å². The number of unbranched alkanes of at least 4 members (excludes halogenated alkanes) is 2. The van der Waals surface area contributed by atoms with Crippen molar-refractivity contribution in [2.75, 3.05) is 44.2 Å². The number of piperazine rings is 1. The quantitative estimate of drug-likeness (QED) is 0.129. The number of benzene rings is 4. The van der Waals surface area contributed by atoms with E-state index < -0.39 is 6.04 Å². The van der Waals surface area contributed by atoms with Gasteiger partial charge in [0.15, 0.2) is 0 Å². The Morgan fingerprint density at radius 3 is 2.33 bits per heavy atom. The molecular weight excluding hydrogens is 677 g/mol. The van der Waals surface area contributed by atoms with E-state index in [-0.39, 0.29) is 24.1 Å². The first-order valence-electron chi connectivity index (χ1n) is 19.5. The van der Waals surface area contributed by atoms with Crippen molar-refractivity contribution in [3.63, 3.8) is 0 Å². The van der Waals surface area contributed by atoms with E-state index in [0.29, 0.717) is 30.9 Å². The third kappa shape index (κ3) is 7.64. The Balaban J connectivity index is 0.791. The third-order valence-electron chi connectivity index (χ3n) is 11.4. The summed E-state index contributed by atoms with van der Waals surface area (Å²) in [5, 5.41) is 12.6. The van der Waals surface area contributed by atoms with Gasteiger partial charge in [-0.25, -0.2) is 0 Å². The van der Waals surface area contributed by atoms with E-state index >= 15 is 0 Å². The molecule has 8 rings (SSSR count). The first-order valence-corrected chi connectivity index (χ1v) is 19.5. The molecule has 54 heavy (non-hydrogen) atoms. The molecule has 0 saturated carbocycles. The largest absolute Gasteiger partial charge is 0.508 e. The number of aromatic hydroxyl groups is 1. The number of hydrogen-bond acceptors (Lipinski definition) is 7. The number of fused-ring (bicyclic) bond motifs is 2. The molecule has 278 valence electrons. The van der Waals surface area contributed by atoms with E-state index in [9.17, 15) is 19.5 Å². The Bertz CT molecular complexity index is 2050. The molecular formula is C45H48N4O5. The van der Waals surface area contributed by atoms with Crippen LogP contribution in [0.5, 0.6) is 11.5 Å². The first kappa shape index (κ1) is 35.6.